The van der Waals surface area contributed by atoms with E-state index in [2.05, 4.69) is 10.1 Å². The van der Waals surface area contributed by atoms with Crippen LogP contribution in [-0.2, 0) is 6.42 Å². The van der Waals surface area contributed by atoms with E-state index in [0.29, 0.717) is 12.1 Å². The summed E-state index contributed by atoms with van der Waals surface area (Å²) in [6, 6.07) is 1.55. The molecule has 0 saturated carbocycles. The van der Waals surface area contributed by atoms with Crippen LogP contribution in [0.15, 0.2) is 12.4 Å². The van der Waals surface area contributed by atoms with Gasteiger partial charge in [0.1, 0.15) is 12.0 Å². The topological polar surface area (TPSA) is 73.3 Å². The van der Waals surface area contributed by atoms with Crippen LogP contribution in [-0.4, -0.2) is 26.4 Å². The van der Waals surface area contributed by atoms with Gasteiger partial charge in [-0.05, 0) is 25.0 Å². The Morgan fingerprint density at radius 3 is 3.20 bits per heavy atom. The normalized spacial score (nSPS) is 19.9. The lowest BCUT2D eigenvalue weighted by Crippen LogP contribution is -2.36. The number of rotatable bonds is 0. The van der Waals surface area contributed by atoms with Gasteiger partial charge in [0.2, 0.25) is 0 Å². The molecule has 2 heterocycles. The van der Waals surface area contributed by atoms with Gasteiger partial charge in [0.05, 0.1) is 11.6 Å². The third-order valence-corrected chi connectivity index (χ3v) is 2.82. The fourth-order valence-corrected chi connectivity index (χ4v) is 2.13. The number of hydrogen-bond acceptors (Lipinski definition) is 4. The van der Waals surface area contributed by atoms with Gasteiger partial charge in [0.15, 0.2) is 5.78 Å². The Bertz CT molecular complexity index is 572. The average molecular weight is 202 g/mol. The molecule has 0 bridgehead atoms. The van der Waals surface area contributed by atoms with Crippen LogP contribution < -0.4 is 5.73 Å². The monoisotopic (exact) mass is 202 g/mol. The van der Waals surface area contributed by atoms with Gasteiger partial charge in [-0.15, -0.1) is 0 Å². The van der Waals surface area contributed by atoms with Gasteiger partial charge in [0, 0.05) is 5.69 Å². The van der Waals surface area contributed by atoms with Crippen LogP contribution in [0.2, 0.25) is 0 Å². The van der Waals surface area contributed by atoms with E-state index in [1.807, 2.05) is 13.0 Å². The first-order chi connectivity index (χ1) is 7.18. The van der Waals surface area contributed by atoms with Crippen molar-refractivity contribution in [2.45, 2.75) is 19.4 Å². The molecule has 0 amide bonds. The molecule has 0 aromatic carbocycles. The minimum atomic E-state index is -0.460. The van der Waals surface area contributed by atoms with Crippen LogP contribution in [0.4, 0.5) is 0 Å². The van der Waals surface area contributed by atoms with E-state index < -0.39 is 6.04 Å². The molecule has 1 atom stereocenters. The standard InChI is InChI=1S/C10H10N4O/c1-5-2-6-3-7(11)10(15)8-9(6)14(5)13-4-12-8/h2,4,7H,3,11H2,1H3. The molecule has 5 heteroatoms. The number of aromatic nitrogens is 3. The highest BCUT2D eigenvalue weighted by atomic mass is 16.1. The Morgan fingerprint density at radius 2 is 2.40 bits per heavy atom. The van der Waals surface area contributed by atoms with Crippen LogP contribution in [0.3, 0.4) is 0 Å². The Kier molecular flexibility index (Phi) is 1.50. The van der Waals surface area contributed by atoms with Crippen LogP contribution in [0.1, 0.15) is 21.7 Å². The summed E-state index contributed by atoms with van der Waals surface area (Å²) in [6.07, 6.45) is 1.98. The first kappa shape index (κ1) is 8.55. The van der Waals surface area contributed by atoms with Crippen molar-refractivity contribution in [2.75, 3.05) is 0 Å². The number of hydrogen-bond donors (Lipinski definition) is 1. The first-order valence-corrected chi connectivity index (χ1v) is 4.80. The average Bonchev–Trinajstić information content (AvgIpc) is 2.54. The maximum absolute atomic E-state index is 11.8. The van der Waals surface area contributed by atoms with Crippen molar-refractivity contribution >= 4 is 11.3 Å². The van der Waals surface area contributed by atoms with E-state index in [0.717, 1.165) is 16.8 Å². The van der Waals surface area contributed by atoms with Crippen LogP contribution in [0.25, 0.3) is 5.52 Å². The van der Waals surface area contributed by atoms with E-state index in [1.165, 1.54) is 6.33 Å². The van der Waals surface area contributed by atoms with E-state index >= 15 is 0 Å². The van der Waals surface area contributed by atoms with E-state index in [4.69, 9.17) is 5.73 Å². The second-order valence-corrected chi connectivity index (χ2v) is 3.85. The molecule has 5 nitrogen and oxygen atoms in total. The maximum atomic E-state index is 11.8. The van der Waals surface area contributed by atoms with E-state index in [9.17, 15) is 4.79 Å². The molecule has 0 radical (unpaired) electrons. The van der Waals surface area contributed by atoms with Gasteiger partial charge in [-0.2, -0.15) is 5.10 Å². The lowest BCUT2D eigenvalue weighted by molar-refractivity contribution is 0.0954. The molecule has 0 spiro atoms. The maximum Gasteiger partial charge on any atom is 0.200 e. The molecule has 2 N–H and O–H groups in total. The minimum absolute atomic E-state index is 0.0898. The molecule has 76 valence electrons. The highest BCUT2D eigenvalue weighted by Gasteiger charge is 2.29. The Hall–Kier alpha value is -1.75. The molecule has 15 heavy (non-hydrogen) atoms. The Balaban J connectivity index is 2.47. The summed E-state index contributed by atoms with van der Waals surface area (Å²) in [5, 5.41) is 4.12. The lowest BCUT2D eigenvalue weighted by atomic mass is 9.95. The summed E-state index contributed by atoms with van der Waals surface area (Å²) in [6.45, 7) is 1.95. The second-order valence-electron chi connectivity index (χ2n) is 3.85. The molecule has 2 aromatic rings. The van der Waals surface area contributed by atoms with Crippen molar-refractivity contribution < 1.29 is 4.79 Å². The molecule has 3 rings (SSSR count). The molecule has 0 fully saturated rings. The van der Waals surface area contributed by atoms with Gasteiger partial charge < -0.3 is 5.73 Å². The smallest absolute Gasteiger partial charge is 0.200 e. The first-order valence-electron chi connectivity index (χ1n) is 4.80. The Labute approximate surface area is 85.9 Å². The van der Waals surface area contributed by atoms with Crippen molar-refractivity contribution in [1.82, 2.24) is 14.6 Å². The molecule has 2 aromatic heterocycles. The van der Waals surface area contributed by atoms with Gasteiger partial charge in [-0.1, -0.05) is 0 Å². The van der Waals surface area contributed by atoms with Gasteiger partial charge in [-0.3, -0.25) is 4.79 Å². The van der Waals surface area contributed by atoms with E-state index in [-0.39, 0.29) is 5.78 Å². The van der Waals surface area contributed by atoms with Crippen LogP contribution in [0, 0.1) is 6.92 Å². The van der Waals surface area contributed by atoms with Crippen LogP contribution in [0.5, 0.6) is 0 Å². The summed E-state index contributed by atoms with van der Waals surface area (Å²) in [5.41, 5.74) is 9.10. The number of ketones is 1. The summed E-state index contributed by atoms with van der Waals surface area (Å²) in [7, 11) is 0. The van der Waals surface area contributed by atoms with Crippen molar-refractivity contribution in [2.24, 2.45) is 5.73 Å². The third kappa shape index (κ3) is 0.979. The van der Waals surface area contributed by atoms with Crippen molar-refractivity contribution in [3.63, 3.8) is 0 Å². The van der Waals surface area contributed by atoms with Gasteiger partial charge in [-0.25, -0.2) is 9.50 Å². The van der Waals surface area contributed by atoms with Crippen molar-refractivity contribution in [3.8, 4) is 0 Å². The molecule has 0 aliphatic heterocycles. The Morgan fingerprint density at radius 1 is 1.60 bits per heavy atom. The number of aryl methyl sites for hydroxylation is 1. The molecule has 0 saturated heterocycles. The molecular weight excluding hydrogens is 192 g/mol. The SMILES string of the molecule is Cc1cc2c3c(ncnn13)C(=O)C(N)C2. The summed E-state index contributed by atoms with van der Waals surface area (Å²) in [4.78, 5) is 15.8. The largest absolute Gasteiger partial charge is 0.321 e. The minimum Gasteiger partial charge on any atom is -0.321 e. The zero-order chi connectivity index (χ0) is 10.6. The van der Waals surface area contributed by atoms with E-state index in [1.54, 1.807) is 4.52 Å². The van der Waals surface area contributed by atoms with Crippen molar-refractivity contribution in [3.05, 3.63) is 29.3 Å². The molecular formula is C10H10N4O. The van der Waals surface area contributed by atoms with Crippen molar-refractivity contribution in [1.29, 1.82) is 0 Å². The number of Topliss-reactive ketones (excluding diaryl/α,β-unsaturated/α-hetero) is 1. The predicted octanol–water partition coefficient (Wildman–Crippen LogP) is 0.104. The molecule has 1 unspecified atom stereocenters. The zero-order valence-electron chi connectivity index (χ0n) is 8.27. The molecule has 1 aliphatic rings. The zero-order valence-corrected chi connectivity index (χ0v) is 8.27. The summed E-state index contributed by atoms with van der Waals surface area (Å²) in [5.74, 6) is -0.0898. The molecule has 1 aliphatic carbocycles. The van der Waals surface area contributed by atoms with Gasteiger partial charge >= 0.3 is 0 Å². The quantitative estimate of drug-likeness (QED) is 0.657. The third-order valence-electron chi connectivity index (χ3n) is 2.82. The number of carbonyl (C=O) groups is 1. The predicted molar refractivity (Wildman–Crippen MR) is 53.7 cm³/mol. The highest BCUT2D eigenvalue weighted by Crippen LogP contribution is 2.24. The van der Waals surface area contributed by atoms with Gasteiger partial charge in [0.25, 0.3) is 0 Å². The number of nitrogens with zero attached hydrogens (tertiary/aromatic N) is 3. The number of nitrogens with two attached hydrogens (primary N) is 1. The number of carbonyl (C=O) groups excluding carboxylic acids is 1. The summed E-state index contributed by atoms with van der Waals surface area (Å²) >= 11 is 0. The van der Waals surface area contributed by atoms with Crippen LogP contribution >= 0.6 is 0 Å². The second kappa shape index (κ2) is 2.64. The lowest BCUT2D eigenvalue weighted by Gasteiger charge is -2.16. The fraction of sp³-hybridized carbons (Fsp3) is 0.300. The highest BCUT2D eigenvalue weighted by molar-refractivity contribution is 6.06. The summed E-state index contributed by atoms with van der Waals surface area (Å²) < 4.78 is 1.75. The fourth-order valence-electron chi connectivity index (χ4n) is 2.13.